The van der Waals surface area contributed by atoms with Gasteiger partial charge in [-0.2, -0.15) is 0 Å². The fraction of sp³-hybridized carbons (Fsp3) is 0.524. The molecule has 2 fully saturated rings. The quantitative estimate of drug-likeness (QED) is 0.775. The second-order valence-corrected chi connectivity index (χ2v) is 8.06. The largest absolute Gasteiger partial charge is 0.441 e. The standard InChI is InChI=1S/C21H27N3O3/c1-14-7-5-8-16-15(2)18(23(4)17(14)16)19(25)24-11-6-9-21(10-12-24)13-22(3)20(26)27-21/h5,7-8H,6,9-13H2,1-4H3. The van der Waals surface area contributed by atoms with Crippen LogP contribution in [0.4, 0.5) is 4.79 Å². The molecule has 144 valence electrons. The van der Waals surface area contributed by atoms with E-state index in [0.29, 0.717) is 26.1 Å². The average Bonchev–Trinajstić information content (AvgIpc) is 2.94. The molecule has 1 unspecified atom stereocenters. The molecular formula is C21H27N3O3. The number of benzene rings is 1. The number of carbonyl (C=O) groups excluding carboxylic acids is 2. The molecule has 27 heavy (non-hydrogen) atoms. The van der Waals surface area contributed by atoms with E-state index in [4.69, 9.17) is 4.74 Å². The number of nitrogens with zero attached hydrogens (tertiary/aromatic N) is 3. The summed E-state index contributed by atoms with van der Waals surface area (Å²) in [6.45, 7) is 6.03. The van der Waals surface area contributed by atoms with Gasteiger partial charge in [-0.3, -0.25) is 4.79 Å². The van der Waals surface area contributed by atoms with Crippen molar-refractivity contribution < 1.29 is 14.3 Å². The SMILES string of the molecule is Cc1c(C(=O)N2CCCC3(CC2)CN(C)C(=O)O3)n(C)c2c(C)cccc12. The van der Waals surface area contributed by atoms with Crippen LogP contribution in [-0.4, -0.2) is 58.7 Å². The topological polar surface area (TPSA) is 54.8 Å². The zero-order valence-corrected chi connectivity index (χ0v) is 16.5. The zero-order valence-electron chi connectivity index (χ0n) is 16.5. The maximum absolute atomic E-state index is 13.4. The van der Waals surface area contributed by atoms with Gasteiger partial charge in [0.15, 0.2) is 0 Å². The molecular weight excluding hydrogens is 342 g/mol. The Labute approximate surface area is 159 Å². The van der Waals surface area contributed by atoms with Crippen molar-refractivity contribution in [2.24, 2.45) is 7.05 Å². The van der Waals surface area contributed by atoms with E-state index in [9.17, 15) is 9.59 Å². The van der Waals surface area contributed by atoms with Gasteiger partial charge in [-0.05, 0) is 37.8 Å². The van der Waals surface area contributed by atoms with E-state index in [-0.39, 0.29) is 12.0 Å². The highest BCUT2D eigenvalue weighted by atomic mass is 16.6. The van der Waals surface area contributed by atoms with Crippen molar-refractivity contribution in [3.05, 3.63) is 35.0 Å². The lowest BCUT2D eigenvalue weighted by Gasteiger charge is -2.25. The van der Waals surface area contributed by atoms with Crippen molar-refractivity contribution in [1.82, 2.24) is 14.4 Å². The Bertz CT molecular complexity index is 932. The highest BCUT2D eigenvalue weighted by molar-refractivity contribution is 6.02. The minimum Gasteiger partial charge on any atom is -0.441 e. The number of carbonyl (C=O) groups is 2. The second kappa shape index (κ2) is 6.29. The van der Waals surface area contributed by atoms with E-state index in [2.05, 4.69) is 19.1 Å². The van der Waals surface area contributed by atoms with Crippen LogP contribution in [0.2, 0.25) is 0 Å². The van der Waals surface area contributed by atoms with Gasteiger partial charge in [0.25, 0.3) is 5.91 Å². The van der Waals surface area contributed by atoms with E-state index >= 15 is 0 Å². The van der Waals surface area contributed by atoms with Crippen molar-refractivity contribution >= 4 is 22.9 Å². The number of ether oxygens (including phenoxy) is 1. The second-order valence-electron chi connectivity index (χ2n) is 8.06. The Morgan fingerprint density at radius 2 is 1.93 bits per heavy atom. The third-order valence-electron chi connectivity index (χ3n) is 6.20. The van der Waals surface area contributed by atoms with Crippen LogP contribution in [0.5, 0.6) is 0 Å². The van der Waals surface area contributed by atoms with Crippen molar-refractivity contribution in [3.63, 3.8) is 0 Å². The molecule has 0 saturated carbocycles. The Morgan fingerprint density at radius 3 is 2.59 bits per heavy atom. The fourth-order valence-electron chi connectivity index (χ4n) is 4.77. The van der Waals surface area contributed by atoms with Gasteiger partial charge in [-0.15, -0.1) is 0 Å². The number of fused-ring (bicyclic) bond motifs is 1. The minimum atomic E-state index is -0.439. The normalized spacial score (nSPS) is 23.2. The number of hydrogen-bond acceptors (Lipinski definition) is 3. The molecule has 0 bridgehead atoms. The molecule has 2 aliphatic rings. The molecule has 6 nitrogen and oxygen atoms in total. The summed E-state index contributed by atoms with van der Waals surface area (Å²) in [7, 11) is 3.74. The molecule has 1 atom stereocenters. The molecule has 3 heterocycles. The van der Waals surface area contributed by atoms with E-state index < -0.39 is 5.60 Å². The molecule has 0 radical (unpaired) electrons. The van der Waals surface area contributed by atoms with Crippen LogP contribution in [0.3, 0.4) is 0 Å². The summed E-state index contributed by atoms with van der Waals surface area (Å²) in [6, 6.07) is 6.20. The molecule has 1 aromatic heterocycles. The summed E-state index contributed by atoms with van der Waals surface area (Å²) >= 11 is 0. The van der Waals surface area contributed by atoms with Gasteiger partial charge in [0.1, 0.15) is 11.3 Å². The maximum atomic E-state index is 13.4. The van der Waals surface area contributed by atoms with Crippen LogP contribution in [0, 0.1) is 13.8 Å². The lowest BCUT2D eigenvalue weighted by atomic mass is 9.95. The van der Waals surface area contributed by atoms with Gasteiger partial charge in [0.2, 0.25) is 0 Å². The highest BCUT2D eigenvalue weighted by Crippen LogP contribution is 2.34. The van der Waals surface area contributed by atoms with Crippen molar-refractivity contribution in [1.29, 1.82) is 0 Å². The van der Waals surface area contributed by atoms with E-state index in [1.807, 2.05) is 29.5 Å². The first-order chi connectivity index (χ1) is 12.8. The van der Waals surface area contributed by atoms with Crippen molar-refractivity contribution in [2.75, 3.05) is 26.7 Å². The molecule has 1 spiro atoms. The van der Waals surface area contributed by atoms with Crippen molar-refractivity contribution in [3.8, 4) is 0 Å². The predicted molar refractivity (Wildman–Crippen MR) is 104 cm³/mol. The zero-order chi connectivity index (χ0) is 19.3. The first-order valence-corrected chi connectivity index (χ1v) is 9.61. The van der Waals surface area contributed by atoms with E-state index in [1.54, 1.807) is 11.9 Å². The molecule has 2 aliphatic heterocycles. The van der Waals surface area contributed by atoms with E-state index in [0.717, 1.165) is 35.0 Å². The lowest BCUT2D eigenvalue weighted by Crippen LogP contribution is -2.37. The Kier molecular flexibility index (Phi) is 4.17. The minimum absolute atomic E-state index is 0.0697. The Hall–Kier alpha value is -2.50. The van der Waals surface area contributed by atoms with Crippen LogP contribution in [0.25, 0.3) is 10.9 Å². The summed E-state index contributed by atoms with van der Waals surface area (Å²) in [4.78, 5) is 28.8. The molecule has 4 rings (SSSR count). The maximum Gasteiger partial charge on any atom is 0.410 e. The number of aryl methyl sites for hydroxylation is 3. The van der Waals surface area contributed by atoms with Gasteiger partial charge >= 0.3 is 6.09 Å². The van der Waals surface area contributed by atoms with Gasteiger partial charge in [0, 0.05) is 39.0 Å². The first kappa shape index (κ1) is 17.9. The van der Waals surface area contributed by atoms with Crippen LogP contribution >= 0.6 is 0 Å². The number of para-hydroxylation sites is 1. The molecule has 2 saturated heterocycles. The van der Waals surface area contributed by atoms with Crippen molar-refractivity contribution in [2.45, 2.75) is 38.7 Å². The summed E-state index contributed by atoms with van der Waals surface area (Å²) in [5.74, 6) is 0.0697. The van der Waals surface area contributed by atoms with Crippen LogP contribution in [0.15, 0.2) is 18.2 Å². The van der Waals surface area contributed by atoms with Gasteiger partial charge in [0.05, 0.1) is 12.1 Å². The Balaban J connectivity index is 1.62. The molecule has 6 heteroatoms. The molecule has 0 N–H and O–H groups in total. The van der Waals surface area contributed by atoms with E-state index in [1.165, 1.54) is 5.56 Å². The lowest BCUT2D eigenvalue weighted by molar-refractivity contribution is 0.0438. The molecule has 2 aromatic rings. The molecule has 2 amide bonds. The molecule has 1 aromatic carbocycles. The number of aromatic nitrogens is 1. The average molecular weight is 369 g/mol. The monoisotopic (exact) mass is 369 g/mol. The smallest absolute Gasteiger partial charge is 0.410 e. The highest BCUT2D eigenvalue weighted by Gasteiger charge is 2.45. The number of rotatable bonds is 1. The number of likely N-dealkylation sites (tertiary alicyclic amines) is 1. The number of likely N-dealkylation sites (N-methyl/N-ethyl adjacent to an activating group) is 1. The van der Waals surface area contributed by atoms with Gasteiger partial charge < -0.3 is 19.1 Å². The summed E-state index contributed by atoms with van der Waals surface area (Å²) in [6.07, 6.45) is 2.08. The molecule has 0 aliphatic carbocycles. The fourth-order valence-corrected chi connectivity index (χ4v) is 4.77. The summed E-state index contributed by atoms with van der Waals surface area (Å²) in [5, 5.41) is 1.14. The summed E-state index contributed by atoms with van der Waals surface area (Å²) in [5.41, 5.74) is 3.65. The number of amides is 2. The summed E-state index contributed by atoms with van der Waals surface area (Å²) < 4.78 is 7.70. The third-order valence-corrected chi connectivity index (χ3v) is 6.20. The third kappa shape index (κ3) is 2.78. The van der Waals surface area contributed by atoms with Gasteiger partial charge in [-0.1, -0.05) is 18.2 Å². The van der Waals surface area contributed by atoms with Crippen LogP contribution in [0.1, 0.15) is 40.9 Å². The predicted octanol–water partition coefficient (Wildman–Crippen LogP) is 3.24. The van der Waals surface area contributed by atoms with Crippen LogP contribution in [-0.2, 0) is 11.8 Å². The van der Waals surface area contributed by atoms with Crippen LogP contribution < -0.4 is 0 Å². The van der Waals surface area contributed by atoms with Gasteiger partial charge in [-0.25, -0.2) is 4.79 Å². The first-order valence-electron chi connectivity index (χ1n) is 9.61. The Morgan fingerprint density at radius 1 is 1.15 bits per heavy atom. The number of hydrogen-bond donors (Lipinski definition) is 0.